The van der Waals surface area contributed by atoms with Gasteiger partial charge in [0.2, 0.25) is 0 Å². The molecule has 0 aliphatic rings. The highest BCUT2D eigenvalue weighted by Gasteiger charge is 2.17. The molecule has 0 aliphatic carbocycles. The maximum Gasteiger partial charge on any atom is 0.412 e. The Morgan fingerprint density at radius 1 is 1.41 bits per heavy atom. The molecule has 1 aromatic heterocycles. The fourth-order valence-corrected chi connectivity index (χ4v) is 1.56. The second kappa shape index (κ2) is 5.04. The summed E-state index contributed by atoms with van der Waals surface area (Å²) in [6, 6.07) is 0. The van der Waals surface area contributed by atoms with Gasteiger partial charge in [0.1, 0.15) is 5.60 Å². The Balaban J connectivity index is 2.83. The molecule has 1 N–H and O–H groups in total. The van der Waals surface area contributed by atoms with Gasteiger partial charge in [0.25, 0.3) is 0 Å². The summed E-state index contributed by atoms with van der Waals surface area (Å²) in [5.74, 6) is 0. The lowest BCUT2D eigenvalue weighted by Crippen LogP contribution is -2.27. The van der Waals surface area contributed by atoms with Gasteiger partial charge in [-0.2, -0.15) is 0 Å². The van der Waals surface area contributed by atoms with Crippen LogP contribution in [0, 0.1) is 13.8 Å². The molecule has 0 atom stereocenters. The summed E-state index contributed by atoms with van der Waals surface area (Å²) in [7, 11) is 0. The summed E-state index contributed by atoms with van der Waals surface area (Å²) in [6.07, 6.45) is 1.15. The Bertz CT molecular complexity index is 439. The molecular formula is C12H17BrN2O2. The maximum absolute atomic E-state index is 11.6. The van der Waals surface area contributed by atoms with E-state index in [1.54, 1.807) is 6.20 Å². The topological polar surface area (TPSA) is 51.2 Å². The van der Waals surface area contributed by atoms with E-state index in [0.29, 0.717) is 5.69 Å². The van der Waals surface area contributed by atoms with E-state index in [1.807, 2.05) is 34.6 Å². The third kappa shape index (κ3) is 4.00. The molecule has 0 bridgehead atoms. The van der Waals surface area contributed by atoms with Crippen LogP contribution in [-0.4, -0.2) is 16.7 Å². The average molecular weight is 301 g/mol. The number of halogens is 1. The van der Waals surface area contributed by atoms with Crippen molar-refractivity contribution in [3.05, 3.63) is 21.9 Å². The SMILES string of the molecule is Cc1ncc(NC(=O)OC(C)(C)C)c(C)c1Br. The zero-order chi connectivity index (χ0) is 13.2. The number of carbonyl (C=O) groups excluding carboxylic acids is 1. The summed E-state index contributed by atoms with van der Waals surface area (Å²) < 4.78 is 6.07. The highest BCUT2D eigenvalue weighted by atomic mass is 79.9. The van der Waals surface area contributed by atoms with Crippen LogP contribution in [0.3, 0.4) is 0 Å². The molecule has 0 unspecified atom stereocenters. The second-order valence-corrected chi connectivity index (χ2v) is 5.62. The van der Waals surface area contributed by atoms with Crippen LogP contribution < -0.4 is 5.32 Å². The molecule has 0 radical (unpaired) electrons. The lowest BCUT2D eigenvalue weighted by atomic mass is 10.2. The van der Waals surface area contributed by atoms with Gasteiger partial charge in [-0.05, 0) is 56.1 Å². The first kappa shape index (κ1) is 14.0. The number of pyridine rings is 1. The summed E-state index contributed by atoms with van der Waals surface area (Å²) in [5, 5.41) is 2.68. The number of hydrogen-bond acceptors (Lipinski definition) is 3. The number of ether oxygens (including phenoxy) is 1. The zero-order valence-electron chi connectivity index (χ0n) is 10.7. The largest absolute Gasteiger partial charge is 0.444 e. The number of nitrogens with one attached hydrogen (secondary N) is 1. The van der Waals surface area contributed by atoms with E-state index < -0.39 is 11.7 Å². The lowest BCUT2D eigenvalue weighted by Gasteiger charge is -2.20. The van der Waals surface area contributed by atoms with E-state index in [4.69, 9.17) is 4.74 Å². The van der Waals surface area contributed by atoms with Crippen LogP contribution in [0.15, 0.2) is 10.7 Å². The van der Waals surface area contributed by atoms with Crippen LogP contribution >= 0.6 is 15.9 Å². The fraction of sp³-hybridized carbons (Fsp3) is 0.500. The molecule has 0 saturated heterocycles. The van der Waals surface area contributed by atoms with E-state index in [1.165, 1.54) is 0 Å². The van der Waals surface area contributed by atoms with Gasteiger partial charge in [-0.15, -0.1) is 0 Å². The molecule has 94 valence electrons. The van der Waals surface area contributed by atoms with Gasteiger partial charge in [-0.1, -0.05) is 0 Å². The molecular weight excluding hydrogens is 284 g/mol. The Labute approximate surface area is 110 Å². The number of carbonyl (C=O) groups is 1. The van der Waals surface area contributed by atoms with Gasteiger partial charge in [-0.25, -0.2) is 4.79 Å². The minimum absolute atomic E-state index is 0.474. The average Bonchev–Trinajstić information content (AvgIpc) is 2.16. The Kier molecular flexibility index (Phi) is 4.14. The van der Waals surface area contributed by atoms with Crippen molar-refractivity contribution in [2.45, 2.75) is 40.2 Å². The first-order valence-corrected chi connectivity index (χ1v) is 6.11. The van der Waals surface area contributed by atoms with Crippen molar-refractivity contribution < 1.29 is 9.53 Å². The number of rotatable bonds is 1. The minimum atomic E-state index is -0.507. The highest BCUT2D eigenvalue weighted by Crippen LogP contribution is 2.25. The normalized spacial score (nSPS) is 11.2. The predicted octanol–water partition coefficient (Wildman–Crippen LogP) is 3.81. The molecule has 0 saturated carbocycles. The van der Waals surface area contributed by atoms with Crippen molar-refractivity contribution in [1.29, 1.82) is 0 Å². The number of amides is 1. The monoisotopic (exact) mass is 300 g/mol. The van der Waals surface area contributed by atoms with E-state index in [9.17, 15) is 4.79 Å². The first-order chi connectivity index (χ1) is 7.70. The van der Waals surface area contributed by atoms with Crippen LogP contribution in [0.4, 0.5) is 10.5 Å². The Morgan fingerprint density at radius 2 is 2.00 bits per heavy atom. The van der Waals surface area contributed by atoms with Crippen molar-refractivity contribution in [2.24, 2.45) is 0 Å². The molecule has 1 aromatic rings. The molecule has 0 fully saturated rings. The third-order valence-corrected chi connectivity index (χ3v) is 3.24. The van der Waals surface area contributed by atoms with Gasteiger partial charge in [0, 0.05) is 4.47 Å². The Hall–Kier alpha value is -1.10. The molecule has 0 spiro atoms. The number of nitrogens with zero attached hydrogens (tertiary/aromatic N) is 1. The molecule has 17 heavy (non-hydrogen) atoms. The third-order valence-electron chi connectivity index (χ3n) is 2.07. The second-order valence-electron chi connectivity index (χ2n) is 4.82. The van der Waals surface area contributed by atoms with E-state index in [-0.39, 0.29) is 0 Å². The summed E-state index contributed by atoms with van der Waals surface area (Å²) in [5.41, 5.74) is 1.96. The standard InChI is InChI=1S/C12H17BrN2O2/c1-7-9(6-14-8(2)10(7)13)15-11(16)17-12(3,4)5/h6H,1-5H3,(H,15,16). The Morgan fingerprint density at radius 3 is 2.53 bits per heavy atom. The number of aromatic nitrogens is 1. The molecule has 4 nitrogen and oxygen atoms in total. The number of aryl methyl sites for hydroxylation is 1. The van der Waals surface area contributed by atoms with Gasteiger partial charge in [0.15, 0.2) is 0 Å². The van der Waals surface area contributed by atoms with Crippen LogP contribution in [-0.2, 0) is 4.74 Å². The molecule has 5 heteroatoms. The fourth-order valence-electron chi connectivity index (χ4n) is 1.24. The first-order valence-electron chi connectivity index (χ1n) is 5.32. The minimum Gasteiger partial charge on any atom is -0.444 e. The molecule has 0 aromatic carbocycles. The summed E-state index contributed by atoms with van der Waals surface area (Å²) >= 11 is 3.43. The predicted molar refractivity (Wildman–Crippen MR) is 71.3 cm³/mol. The van der Waals surface area contributed by atoms with E-state index >= 15 is 0 Å². The number of hydrogen-bond donors (Lipinski definition) is 1. The van der Waals surface area contributed by atoms with Crippen LogP contribution in [0.1, 0.15) is 32.0 Å². The van der Waals surface area contributed by atoms with Crippen LogP contribution in [0.25, 0.3) is 0 Å². The van der Waals surface area contributed by atoms with Crippen LogP contribution in [0.2, 0.25) is 0 Å². The lowest BCUT2D eigenvalue weighted by molar-refractivity contribution is 0.0635. The van der Waals surface area contributed by atoms with Gasteiger partial charge >= 0.3 is 6.09 Å². The van der Waals surface area contributed by atoms with Gasteiger partial charge in [0.05, 0.1) is 17.6 Å². The van der Waals surface area contributed by atoms with E-state index in [2.05, 4.69) is 26.2 Å². The zero-order valence-corrected chi connectivity index (χ0v) is 12.3. The van der Waals surface area contributed by atoms with Crippen molar-refractivity contribution in [3.63, 3.8) is 0 Å². The summed E-state index contributed by atoms with van der Waals surface area (Å²) in [4.78, 5) is 15.8. The maximum atomic E-state index is 11.6. The molecule has 0 aliphatic heterocycles. The smallest absolute Gasteiger partial charge is 0.412 e. The summed E-state index contributed by atoms with van der Waals surface area (Å²) in [6.45, 7) is 9.27. The molecule has 1 heterocycles. The van der Waals surface area contributed by atoms with Crippen molar-refractivity contribution in [1.82, 2.24) is 4.98 Å². The van der Waals surface area contributed by atoms with Crippen LogP contribution in [0.5, 0.6) is 0 Å². The van der Waals surface area contributed by atoms with Gasteiger partial charge < -0.3 is 4.74 Å². The van der Waals surface area contributed by atoms with Crippen molar-refractivity contribution >= 4 is 27.7 Å². The van der Waals surface area contributed by atoms with Gasteiger partial charge in [-0.3, -0.25) is 10.3 Å². The van der Waals surface area contributed by atoms with E-state index in [0.717, 1.165) is 15.7 Å². The molecule has 1 rings (SSSR count). The quantitative estimate of drug-likeness (QED) is 0.858. The number of anilines is 1. The van der Waals surface area contributed by atoms with Crippen molar-refractivity contribution in [2.75, 3.05) is 5.32 Å². The van der Waals surface area contributed by atoms with Crippen molar-refractivity contribution in [3.8, 4) is 0 Å². The highest BCUT2D eigenvalue weighted by molar-refractivity contribution is 9.10. The molecule has 1 amide bonds.